The van der Waals surface area contributed by atoms with Crippen LogP contribution in [0.5, 0.6) is 23.0 Å². The molecule has 0 aliphatic rings. The van der Waals surface area contributed by atoms with Crippen LogP contribution in [-0.2, 0) is 6.18 Å². The van der Waals surface area contributed by atoms with Crippen molar-refractivity contribution in [3.8, 4) is 23.0 Å². The average Bonchev–Trinajstić information content (AvgIpc) is 2.54. The maximum atomic E-state index is 13.3. The van der Waals surface area contributed by atoms with Gasteiger partial charge in [-0.05, 0) is 36.4 Å². The summed E-state index contributed by atoms with van der Waals surface area (Å²) < 4.78 is 50.3. The van der Waals surface area contributed by atoms with Gasteiger partial charge in [-0.1, -0.05) is 15.9 Å². The molecule has 2 aromatic carbocycles. The fourth-order valence-electron chi connectivity index (χ4n) is 2.12. The largest absolute Gasteiger partial charge is 0.504 e. The van der Waals surface area contributed by atoms with E-state index in [4.69, 9.17) is 4.74 Å². The SMILES string of the molecule is O=c1c(Oc2ccc(Br)cc2)c(C(F)(F)F)oc2c(O)c(O)ccc12. The normalized spacial score (nSPS) is 11.7. The Hall–Kier alpha value is -2.68. The van der Waals surface area contributed by atoms with E-state index in [1.54, 1.807) is 0 Å². The van der Waals surface area contributed by atoms with Crippen LogP contribution in [0.25, 0.3) is 11.0 Å². The Morgan fingerprint density at radius 3 is 2.28 bits per heavy atom. The summed E-state index contributed by atoms with van der Waals surface area (Å²) in [5.41, 5.74) is -1.91. The van der Waals surface area contributed by atoms with E-state index in [2.05, 4.69) is 20.3 Å². The summed E-state index contributed by atoms with van der Waals surface area (Å²) >= 11 is 3.17. The number of phenolic OH excluding ortho intramolecular Hbond substituents is 2. The number of ether oxygens (including phenoxy) is 1. The van der Waals surface area contributed by atoms with Crippen molar-refractivity contribution < 1.29 is 32.5 Å². The maximum Gasteiger partial charge on any atom is 0.453 e. The van der Waals surface area contributed by atoms with Gasteiger partial charge in [0.15, 0.2) is 11.3 Å². The van der Waals surface area contributed by atoms with Gasteiger partial charge in [-0.15, -0.1) is 0 Å². The number of rotatable bonds is 2. The summed E-state index contributed by atoms with van der Waals surface area (Å²) in [5, 5.41) is 18.7. The number of halogens is 4. The predicted molar refractivity (Wildman–Crippen MR) is 85.0 cm³/mol. The molecule has 0 amide bonds. The van der Waals surface area contributed by atoms with Crippen molar-refractivity contribution >= 4 is 26.9 Å². The second kappa shape index (κ2) is 5.99. The summed E-state index contributed by atoms with van der Waals surface area (Å²) in [4.78, 5) is 12.4. The molecular formula is C16H8BrF3O5. The highest BCUT2D eigenvalue weighted by Gasteiger charge is 2.41. The Kier molecular flexibility index (Phi) is 4.11. The van der Waals surface area contributed by atoms with E-state index in [-0.39, 0.29) is 11.1 Å². The van der Waals surface area contributed by atoms with Gasteiger partial charge in [-0.2, -0.15) is 13.2 Å². The fourth-order valence-corrected chi connectivity index (χ4v) is 2.38. The summed E-state index contributed by atoms with van der Waals surface area (Å²) in [7, 11) is 0. The smallest absolute Gasteiger partial charge is 0.453 e. The van der Waals surface area contributed by atoms with E-state index >= 15 is 0 Å². The van der Waals surface area contributed by atoms with Crippen LogP contribution in [0.2, 0.25) is 0 Å². The minimum Gasteiger partial charge on any atom is -0.504 e. The average molecular weight is 417 g/mol. The molecule has 0 unspecified atom stereocenters. The lowest BCUT2D eigenvalue weighted by molar-refractivity contribution is -0.154. The highest BCUT2D eigenvalue weighted by atomic mass is 79.9. The lowest BCUT2D eigenvalue weighted by Gasteiger charge is -2.13. The van der Waals surface area contributed by atoms with Gasteiger partial charge in [-0.25, -0.2) is 0 Å². The number of benzene rings is 2. The fraction of sp³-hybridized carbons (Fsp3) is 0.0625. The molecule has 130 valence electrons. The number of aromatic hydroxyl groups is 2. The van der Waals surface area contributed by atoms with Crippen LogP contribution >= 0.6 is 15.9 Å². The standard InChI is InChI=1S/C16H8BrF3O5/c17-7-1-3-8(4-2-7)24-14-11(22)9-5-6-10(21)12(23)13(9)25-15(14)16(18,19)20/h1-6,21,23H. The van der Waals surface area contributed by atoms with Crippen LogP contribution in [-0.4, -0.2) is 10.2 Å². The zero-order valence-corrected chi connectivity index (χ0v) is 13.7. The topological polar surface area (TPSA) is 79.9 Å². The Morgan fingerprint density at radius 2 is 1.68 bits per heavy atom. The first-order valence-electron chi connectivity index (χ1n) is 6.71. The molecule has 0 saturated heterocycles. The number of hydrogen-bond donors (Lipinski definition) is 2. The van der Waals surface area contributed by atoms with Crippen molar-refractivity contribution in [2.45, 2.75) is 6.18 Å². The second-order valence-electron chi connectivity index (χ2n) is 4.95. The molecule has 25 heavy (non-hydrogen) atoms. The summed E-state index contributed by atoms with van der Waals surface area (Å²) in [6, 6.07) is 7.77. The van der Waals surface area contributed by atoms with Crippen LogP contribution in [0.4, 0.5) is 13.2 Å². The number of hydrogen-bond acceptors (Lipinski definition) is 5. The zero-order chi connectivity index (χ0) is 18.4. The van der Waals surface area contributed by atoms with Gasteiger partial charge < -0.3 is 19.4 Å². The summed E-state index contributed by atoms with van der Waals surface area (Å²) in [5.74, 6) is -4.47. The molecule has 0 atom stereocenters. The molecule has 5 nitrogen and oxygen atoms in total. The number of fused-ring (bicyclic) bond motifs is 1. The van der Waals surface area contributed by atoms with Gasteiger partial charge in [0.1, 0.15) is 5.75 Å². The molecular weight excluding hydrogens is 409 g/mol. The van der Waals surface area contributed by atoms with E-state index in [0.717, 1.165) is 12.1 Å². The van der Waals surface area contributed by atoms with Crippen molar-refractivity contribution in [2.75, 3.05) is 0 Å². The van der Waals surface area contributed by atoms with Crippen molar-refractivity contribution in [3.05, 3.63) is 56.9 Å². The molecule has 2 N–H and O–H groups in total. The maximum absolute atomic E-state index is 13.3. The molecule has 1 heterocycles. The van der Waals surface area contributed by atoms with Crippen molar-refractivity contribution in [1.82, 2.24) is 0 Å². The van der Waals surface area contributed by atoms with Crippen LogP contribution in [0.1, 0.15) is 5.76 Å². The minimum absolute atomic E-state index is 0.0108. The monoisotopic (exact) mass is 416 g/mol. The zero-order valence-electron chi connectivity index (χ0n) is 12.1. The van der Waals surface area contributed by atoms with E-state index in [1.807, 2.05) is 0 Å². The molecule has 0 aliphatic carbocycles. The first-order valence-corrected chi connectivity index (χ1v) is 7.50. The Labute approximate surface area is 146 Å². The van der Waals surface area contributed by atoms with E-state index in [1.165, 1.54) is 24.3 Å². The van der Waals surface area contributed by atoms with Crippen LogP contribution in [0.3, 0.4) is 0 Å². The van der Waals surface area contributed by atoms with Gasteiger partial charge in [0.05, 0.1) is 5.39 Å². The molecule has 0 fully saturated rings. The highest BCUT2D eigenvalue weighted by molar-refractivity contribution is 9.10. The number of alkyl halides is 3. The van der Waals surface area contributed by atoms with Gasteiger partial charge in [0, 0.05) is 4.47 Å². The molecule has 0 radical (unpaired) electrons. The van der Waals surface area contributed by atoms with E-state index in [0.29, 0.717) is 4.47 Å². The first kappa shape index (κ1) is 17.2. The Balaban J connectivity index is 2.29. The first-order chi connectivity index (χ1) is 11.7. The van der Waals surface area contributed by atoms with Gasteiger partial charge >= 0.3 is 6.18 Å². The molecule has 1 aromatic heterocycles. The van der Waals surface area contributed by atoms with Crippen LogP contribution < -0.4 is 10.2 Å². The van der Waals surface area contributed by atoms with E-state index < -0.39 is 40.2 Å². The molecule has 3 aromatic rings. The van der Waals surface area contributed by atoms with Crippen molar-refractivity contribution in [1.29, 1.82) is 0 Å². The summed E-state index contributed by atoms with van der Waals surface area (Å²) in [6.45, 7) is 0. The predicted octanol–water partition coefficient (Wildman–Crippen LogP) is 4.78. The highest BCUT2D eigenvalue weighted by Crippen LogP contribution is 2.41. The third-order valence-electron chi connectivity index (χ3n) is 3.26. The van der Waals surface area contributed by atoms with Gasteiger partial charge in [0.25, 0.3) is 5.76 Å². The molecule has 3 rings (SSSR count). The van der Waals surface area contributed by atoms with Gasteiger partial charge in [-0.3, -0.25) is 4.79 Å². The number of phenols is 2. The lowest BCUT2D eigenvalue weighted by Crippen LogP contribution is -2.15. The van der Waals surface area contributed by atoms with Crippen LogP contribution in [0, 0.1) is 0 Å². The molecule has 0 aliphatic heterocycles. The third-order valence-corrected chi connectivity index (χ3v) is 3.79. The van der Waals surface area contributed by atoms with E-state index in [9.17, 15) is 28.2 Å². The van der Waals surface area contributed by atoms with Crippen LogP contribution in [0.15, 0.2) is 50.1 Å². The molecule has 9 heteroatoms. The second-order valence-corrected chi connectivity index (χ2v) is 5.87. The van der Waals surface area contributed by atoms with Gasteiger partial charge in [0.2, 0.25) is 16.9 Å². The Morgan fingerprint density at radius 1 is 1.04 bits per heavy atom. The third kappa shape index (κ3) is 3.14. The quantitative estimate of drug-likeness (QED) is 0.587. The van der Waals surface area contributed by atoms with Crippen molar-refractivity contribution in [3.63, 3.8) is 0 Å². The lowest BCUT2D eigenvalue weighted by atomic mass is 10.1. The molecule has 0 bridgehead atoms. The van der Waals surface area contributed by atoms with Crippen molar-refractivity contribution in [2.24, 2.45) is 0 Å². The Bertz CT molecular complexity index is 1010. The summed E-state index contributed by atoms with van der Waals surface area (Å²) in [6.07, 6.45) is -5.06. The molecule has 0 spiro atoms. The molecule has 0 saturated carbocycles. The minimum atomic E-state index is -5.06.